The van der Waals surface area contributed by atoms with Crippen LogP contribution < -0.4 is 10.6 Å². The van der Waals surface area contributed by atoms with Gasteiger partial charge in [0.05, 0.1) is 5.92 Å². The van der Waals surface area contributed by atoms with Crippen molar-refractivity contribution < 1.29 is 9.59 Å². The van der Waals surface area contributed by atoms with Crippen LogP contribution in [-0.2, 0) is 9.59 Å². The van der Waals surface area contributed by atoms with E-state index in [0.29, 0.717) is 13.0 Å². The van der Waals surface area contributed by atoms with Crippen molar-refractivity contribution in [2.75, 3.05) is 6.54 Å². The minimum absolute atomic E-state index is 0.0613. The quantitative estimate of drug-likeness (QED) is 0.431. The Labute approximate surface area is 139 Å². The topological polar surface area (TPSA) is 58.2 Å². The molecule has 0 radical (unpaired) electrons. The van der Waals surface area contributed by atoms with E-state index in [4.69, 9.17) is 0 Å². The van der Waals surface area contributed by atoms with Crippen LogP contribution in [0.4, 0.5) is 0 Å². The number of allylic oxidation sites excluding steroid dienone is 5. The van der Waals surface area contributed by atoms with Crippen molar-refractivity contribution in [3.63, 3.8) is 0 Å². The minimum Gasteiger partial charge on any atom is -0.361 e. The fraction of sp³-hybridized carbons (Fsp3) is 0.474. The summed E-state index contributed by atoms with van der Waals surface area (Å²) in [7, 11) is 0. The summed E-state index contributed by atoms with van der Waals surface area (Å²) >= 11 is 0. The molecule has 0 aliphatic carbocycles. The van der Waals surface area contributed by atoms with Crippen molar-refractivity contribution >= 4 is 12.2 Å². The number of hydrogen-bond donors (Lipinski definition) is 2. The van der Waals surface area contributed by atoms with Gasteiger partial charge in [0.2, 0.25) is 5.91 Å². The van der Waals surface area contributed by atoms with Crippen LogP contribution >= 0.6 is 0 Å². The van der Waals surface area contributed by atoms with Crippen LogP contribution in [0, 0.1) is 11.8 Å². The molecule has 0 bridgehead atoms. The predicted molar refractivity (Wildman–Crippen MR) is 94.5 cm³/mol. The van der Waals surface area contributed by atoms with E-state index in [0.717, 1.165) is 29.7 Å². The highest BCUT2D eigenvalue weighted by atomic mass is 16.2. The molecule has 0 aromatic carbocycles. The summed E-state index contributed by atoms with van der Waals surface area (Å²) in [5.74, 6) is -0.0540. The summed E-state index contributed by atoms with van der Waals surface area (Å²) in [5.41, 5.74) is 4.33. The summed E-state index contributed by atoms with van der Waals surface area (Å²) < 4.78 is 0. The molecule has 2 unspecified atom stereocenters. The van der Waals surface area contributed by atoms with Gasteiger partial charge in [-0.25, -0.2) is 0 Å². The lowest BCUT2D eigenvalue weighted by molar-refractivity contribution is -0.123. The number of hydrogen-bond acceptors (Lipinski definition) is 3. The molecule has 4 heteroatoms. The van der Waals surface area contributed by atoms with Gasteiger partial charge in [0.15, 0.2) is 0 Å². The van der Waals surface area contributed by atoms with E-state index in [2.05, 4.69) is 36.3 Å². The normalized spacial score (nSPS) is 21.7. The molecule has 0 spiro atoms. The molecule has 1 amide bonds. The van der Waals surface area contributed by atoms with Gasteiger partial charge in [-0.15, -0.1) is 0 Å². The molecule has 4 nitrogen and oxygen atoms in total. The van der Waals surface area contributed by atoms with Crippen molar-refractivity contribution in [3.8, 4) is 0 Å². The second-order valence-corrected chi connectivity index (χ2v) is 5.92. The Hall–Kier alpha value is -2.10. The third kappa shape index (κ3) is 4.95. The first-order valence-corrected chi connectivity index (χ1v) is 8.10. The Bertz CT molecular complexity index is 556. The highest BCUT2D eigenvalue weighted by molar-refractivity contribution is 5.81. The molecule has 0 aromatic heterocycles. The standard InChI is InChI=1S/C19H28N2O2/c1-6-9-16-12-14(4)17(21-18(16)13(3)7-2)15(5)19(23)20-10-8-11-22/h6-7,9,11,15-16,21H,2,8,10,12H2,1,3-5H3,(H,20,23)/b9-6?,18-13+. The van der Waals surface area contributed by atoms with Crippen LogP contribution in [0.25, 0.3) is 0 Å². The lowest BCUT2D eigenvalue weighted by Gasteiger charge is -2.32. The lowest BCUT2D eigenvalue weighted by Crippen LogP contribution is -2.38. The second-order valence-electron chi connectivity index (χ2n) is 5.92. The molecule has 0 saturated heterocycles. The molecule has 1 rings (SSSR count). The van der Waals surface area contributed by atoms with Gasteiger partial charge in [-0.1, -0.05) is 30.4 Å². The second kappa shape index (κ2) is 9.13. The van der Waals surface area contributed by atoms with Crippen molar-refractivity contribution in [1.82, 2.24) is 10.6 Å². The monoisotopic (exact) mass is 316 g/mol. The Kier molecular flexibility index (Phi) is 7.52. The van der Waals surface area contributed by atoms with E-state index in [-0.39, 0.29) is 17.7 Å². The first-order valence-electron chi connectivity index (χ1n) is 8.10. The average Bonchev–Trinajstić information content (AvgIpc) is 2.54. The van der Waals surface area contributed by atoms with E-state index >= 15 is 0 Å². The molecule has 1 heterocycles. The molecule has 23 heavy (non-hydrogen) atoms. The maximum absolute atomic E-state index is 12.3. The third-order valence-electron chi connectivity index (χ3n) is 4.17. The zero-order chi connectivity index (χ0) is 17.4. The zero-order valence-electron chi connectivity index (χ0n) is 14.6. The van der Waals surface area contributed by atoms with Crippen LogP contribution in [-0.4, -0.2) is 18.7 Å². The molecule has 0 saturated carbocycles. The van der Waals surface area contributed by atoms with Crippen LogP contribution in [0.3, 0.4) is 0 Å². The van der Waals surface area contributed by atoms with Gasteiger partial charge >= 0.3 is 0 Å². The molecular weight excluding hydrogens is 288 g/mol. The first kappa shape index (κ1) is 18.9. The zero-order valence-corrected chi connectivity index (χ0v) is 14.6. The SMILES string of the molecule is C=C/C(C)=C1/NC(C(C)C(=O)NCCC=O)=C(C)CC1C=CC. The van der Waals surface area contributed by atoms with Gasteiger partial charge in [-0.3, -0.25) is 4.79 Å². The van der Waals surface area contributed by atoms with E-state index in [1.807, 2.05) is 26.8 Å². The summed E-state index contributed by atoms with van der Waals surface area (Å²) in [6, 6.07) is 0. The van der Waals surface area contributed by atoms with Gasteiger partial charge in [0.1, 0.15) is 6.29 Å². The highest BCUT2D eigenvalue weighted by Crippen LogP contribution is 2.32. The average molecular weight is 316 g/mol. The number of amides is 1. The Morgan fingerprint density at radius 1 is 1.52 bits per heavy atom. The largest absolute Gasteiger partial charge is 0.361 e. The molecule has 0 aromatic rings. The van der Waals surface area contributed by atoms with Gasteiger partial charge in [0.25, 0.3) is 0 Å². The Balaban J connectivity index is 3.02. The summed E-state index contributed by atoms with van der Waals surface area (Å²) in [5, 5.41) is 6.27. The van der Waals surface area contributed by atoms with Gasteiger partial charge in [-0.05, 0) is 39.7 Å². The van der Waals surface area contributed by atoms with Gasteiger partial charge < -0.3 is 15.4 Å². The Morgan fingerprint density at radius 2 is 2.22 bits per heavy atom. The molecule has 126 valence electrons. The van der Waals surface area contributed by atoms with Crippen LogP contribution in [0.15, 0.2) is 47.3 Å². The Morgan fingerprint density at radius 3 is 2.78 bits per heavy atom. The maximum atomic E-state index is 12.3. The van der Waals surface area contributed by atoms with Gasteiger partial charge in [-0.2, -0.15) is 0 Å². The lowest BCUT2D eigenvalue weighted by atomic mass is 9.86. The van der Waals surface area contributed by atoms with Crippen molar-refractivity contribution in [2.24, 2.45) is 11.8 Å². The summed E-state index contributed by atoms with van der Waals surface area (Å²) in [4.78, 5) is 22.6. The molecule has 1 aliphatic heterocycles. The maximum Gasteiger partial charge on any atom is 0.228 e. The first-order chi connectivity index (χ1) is 11.0. The molecule has 0 fully saturated rings. The fourth-order valence-corrected chi connectivity index (χ4v) is 2.80. The number of carbonyl (C=O) groups excluding carboxylic acids is 2. The van der Waals surface area contributed by atoms with Crippen molar-refractivity contribution in [2.45, 2.75) is 40.5 Å². The van der Waals surface area contributed by atoms with Crippen LogP contribution in [0.2, 0.25) is 0 Å². The number of aldehydes is 1. The number of carbonyl (C=O) groups is 2. The third-order valence-corrected chi connectivity index (χ3v) is 4.17. The van der Waals surface area contributed by atoms with Crippen molar-refractivity contribution in [3.05, 3.63) is 47.3 Å². The number of rotatable bonds is 7. The number of nitrogens with one attached hydrogen (secondary N) is 2. The van der Waals surface area contributed by atoms with E-state index in [1.165, 1.54) is 5.57 Å². The minimum atomic E-state index is -0.277. The van der Waals surface area contributed by atoms with Gasteiger partial charge in [0, 0.05) is 30.3 Å². The van der Waals surface area contributed by atoms with E-state index in [1.54, 1.807) is 0 Å². The summed E-state index contributed by atoms with van der Waals surface area (Å²) in [6.07, 6.45) is 8.10. The van der Waals surface area contributed by atoms with Crippen LogP contribution in [0.1, 0.15) is 40.5 Å². The van der Waals surface area contributed by atoms with E-state index in [9.17, 15) is 9.59 Å². The smallest absolute Gasteiger partial charge is 0.228 e. The highest BCUT2D eigenvalue weighted by Gasteiger charge is 2.27. The molecule has 2 N–H and O–H groups in total. The molecule has 2 atom stereocenters. The molecular formula is C19H28N2O2. The van der Waals surface area contributed by atoms with E-state index < -0.39 is 0 Å². The fourth-order valence-electron chi connectivity index (χ4n) is 2.80. The van der Waals surface area contributed by atoms with Crippen LogP contribution in [0.5, 0.6) is 0 Å². The summed E-state index contributed by atoms with van der Waals surface area (Å²) in [6.45, 7) is 12.2. The van der Waals surface area contributed by atoms with Crippen molar-refractivity contribution in [1.29, 1.82) is 0 Å². The molecule has 1 aliphatic rings. The predicted octanol–water partition coefficient (Wildman–Crippen LogP) is 3.25.